The summed E-state index contributed by atoms with van der Waals surface area (Å²) in [5.74, 6) is 0. The lowest BCUT2D eigenvalue weighted by atomic mass is 10.1. The van der Waals surface area contributed by atoms with E-state index < -0.39 is 6.67 Å². The number of hydrogen-bond donors (Lipinski definition) is 1. The van der Waals surface area contributed by atoms with Crippen molar-refractivity contribution in [3.05, 3.63) is 59.7 Å². The molecule has 1 rings (SSSR count). The number of hydrogen-bond acceptors (Lipinski definition) is 2. The van der Waals surface area contributed by atoms with Gasteiger partial charge in [0.25, 0.3) is 0 Å². The highest BCUT2D eigenvalue weighted by molar-refractivity contribution is 5.57. The van der Waals surface area contributed by atoms with Crippen molar-refractivity contribution in [1.82, 2.24) is 0 Å². The van der Waals surface area contributed by atoms with Crippen molar-refractivity contribution >= 4 is 11.8 Å². The van der Waals surface area contributed by atoms with E-state index in [1.165, 1.54) is 0 Å². The largest absolute Gasteiger partial charge is 0.399 e. The lowest BCUT2D eigenvalue weighted by Gasteiger charge is -1.97. The van der Waals surface area contributed by atoms with Gasteiger partial charge in [-0.1, -0.05) is 42.5 Å². The molecule has 0 heterocycles. The number of nitrogen functional groups attached to an aromatic ring is 1. The van der Waals surface area contributed by atoms with Crippen LogP contribution in [-0.4, -0.2) is 19.9 Å². The summed E-state index contributed by atoms with van der Waals surface area (Å²) in [6, 6.07) is 7.67. The zero-order valence-electron chi connectivity index (χ0n) is 11.2. The van der Waals surface area contributed by atoms with Crippen molar-refractivity contribution < 1.29 is 9.13 Å². The Bertz CT molecular complexity index is 446. The van der Waals surface area contributed by atoms with E-state index in [0.29, 0.717) is 6.61 Å². The van der Waals surface area contributed by atoms with Gasteiger partial charge in [0.2, 0.25) is 0 Å². The molecule has 19 heavy (non-hydrogen) atoms. The third-order valence-corrected chi connectivity index (χ3v) is 2.48. The molecule has 1 aromatic rings. The summed E-state index contributed by atoms with van der Waals surface area (Å²) in [4.78, 5) is 0. The lowest BCUT2D eigenvalue weighted by molar-refractivity contribution is 0.144. The minimum atomic E-state index is -0.443. The predicted octanol–water partition coefficient (Wildman–Crippen LogP) is 3.77. The Morgan fingerprint density at radius 1 is 1.26 bits per heavy atom. The molecule has 3 heteroatoms. The van der Waals surface area contributed by atoms with Gasteiger partial charge in [-0.2, -0.15) is 0 Å². The second-order valence-electron chi connectivity index (χ2n) is 3.95. The van der Waals surface area contributed by atoms with Gasteiger partial charge in [0.1, 0.15) is 6.67 Å². The molecule has 0 aliphatic heterocycles. The first-order chi connectivity index (χ1) is 9.26. The highest BCUT2D eigenvalue weighted by Gasteiger charge is 1.88. The summed E-state index contributed by atoms with van der Waals surface area (Å²) in [5, 5.41) is 0. The second kappa shape index (κ2) is 9.11. The molecule has 102 valence electrons. The van der Waals surface area contributed by atoms with Gasteiger partial charge in [0.15, 0.2) is 0 Å². The fraction of sp³-hybridized carbons (Fsp3) is 0.250. The smallest absolute Gasteiger partial charge is 0.113 e. The molecule has 0 bridgehead atoms. The first kappa shape index (κ1) is 15.2. The molecule has 0 aliphatic rings. The molecule has 0 fully saturated rings. The molecular formula is C16H20FNO. The van der Waals surface area contributed by atoms with Gasteiger partial charge in [-0.15, -0.1) is 0 Å². The van der Waals surface area contributed by atoms with Crippen molar-refractivity contribution in [2.24, 2.45) is 0 Å². The van der Waals surface area contributed by atoms with E-state index in [0.717, 1.165) is 16.8 Å². The highest BCUT2D eigenvalue weighted by Crippen LogP contribution is 2.09. The van der Waals surface area contributed by atoms with E-state index in [1.54, 1.807) is 0 Å². The van der Waals surface area contributed by atoms with Gasteiger partial charge in [-0.25, -0.2) is 4.39 Å². The third-order valence-electron chi connectivity index (χ3n) is 2.48. The molecule has 0 aliphatic carbocycles. The Morgan fingerprint density at radius 3 is 2.63 bits per heavy atom. The molecule has 0 spiro atoms. The van der Waals surface area contributed by atoms with Crippen LogP contribution in [0.3, 0.4) is 0 Å². The van der Waals surface area contributed by atoms with Crippen LogP contribution in [0.4, 0.5) is 10.1 Å². The Labute approximate surface area is 114 Å². The lowest BCUT2D eigenvalue weighted by Crippen LogP contribution is -1.95. The molecule has 0 aromatic heterocycles. The van der Waals surface area contributed by atoms with E-state index >= 15 is 0 Å². The monoisotopic (exact) mass is 261 g/mol. The molecular weight excluding hydrogens is 241 g/mol. The van der Waals surface area contributed by atoms with Crippen molar-refractivity contribution in [3.63, 3.8) is 0 Å². The SMILES string of the molecule is C/C=C(\C=C/COCCF)/C=C/c1ccc(N)cc1. The third kappa shape index (κ3) is 6.58. The van der Waals surface area contributed by atoms with Gasteiger partial charge in [-0.3, -0.25) is 0 Å². The molecule has 0 amide bonds. The Balaban J connectivity index is 2.50. The number of anilines is 1. The van der Waals surface area contributed by atoms with Crippen LogP contribution in [0.2, 0.25) is 0 Å². The number of alkyl halides is 1. The van der Waals surface area contributed by atoms with Gasteiger partial charge >= 0.3 is 0 Å². The molecule has 0 unspecified atom stereocenters. The summed E-state index contributed by atoms with van der Waals surface area (Å²) in [6.07, 6.45) is 9.85. The summed E-state index contributed by atoms with van der Waals surface area (Å²) in [5.41, 5.74) is 8.55. The Hall–Kier alpha value is -1.87. The van der Waals surface area contributed by atoms with Crippen molar-refractivity contribution in [2.45, 2.75) is 6.92 Å². The van der Waals surface area contributed by atoms with E-state index in [-0.39, 0.29) is 6.61 Å². The maximum absolute atomic E-state index is 11.8. The van der Waals surface area contributed by atoms with Crippen LogP contribution in [0.25, 0.3) is 6.08 Å². The van der Waals surface area contributed by atoms with Crippen LogP contribution in [0.1, 0.15) is 12.5 Å². The van der Waals surface area contributed by atoms with Crippen LogP contribution in [-0.2, 0) is 4.74 Å². The standard InChI is InChI=1S/C16H20FNO/c1-2-14(4-3-12-19-13-11-17)5-6-15-7-9-16(18)10-8-15/h2-10H,11-13,18H2,1H3/b4-3-,6-5+,14-2+. The number of ether oxygens (including phenoxy) is 1. The summed E-state index contributed by atoms with van der Waals surface area (Å²) in [7, 11) is 0. The molecule has 2 N–H and O–H groups in total. The first-order valence-electron chi connectivity index (χ1n) is 6.26. The molecule has 0 radical (unpaired) electrons. The van der Waals surface area contributed by atoms with E-state index in [1.807, 2.05) is 61.6 Å². The van der Waals surface area contributed by atoms with Gasteiger partial charge in [-0.05, 0) is 30.2 Å². The summed E-state index contributed by atoms with van der Waals surface area (Å²) in [6.45, 7) is 2.10. The molecule has 0 saturated heterocycles. The van der Waals surface area contributed by atoms with Crippen molar-refractivity contribution in [1.29, 1.82) is 0 Å². The Kier molecular flexibility index (Phi) is 7.28. The minimum absolute atomic E-state index is 0.150. The van der Waals surface area contributed by atoms with Crippen LogP contribution < -0.4 is 5.73 Å². The molecule has 2 nitrogen and oxygen atoms in total. The van der Waals surface area contributed by atoms with Crippen LogP contribution in [0.5, 0.6) is 0 Å². The van der Waals surface area contributed by atoms with E-state index in [4.69, 9.17) is 10.5 Å². The molecule has 0 atom stereocenters. The van der Waals surface area contributed by atoms with E-state index in [2.05, 4.69) is 0 Å². The van der Waals surface area contributed by atoms with Gasteiger partial charge in [0, 0.05) is 5.69 Å². The maximum Gasteiger partial charge on any atom is 0.113 e. The zero-order chi connectivity index (χ0) is 13.9. The minimum Gasteiger partial charge on any atom is -0.399 e. The van der Waals surface area contributed by atoms with Gasteiger partial charge in [0.05, 0.1) is 13.2 Å². The number of rotatable bonds is 7. The average molecular weight is 261 g/mol. The number of halogens is 1. The zero-order valence-corrected chi connectivity index (χ0v) is 11.2. The second-order valence-corrected chi connectivity index (χ2v) is 3.95. The summed E-state index contributed by atoms with van der Waals surface area (Å²) < 4.78 is 16.8. The first-order valence-corrected chi connectivity index (χ1v) is 6.26. The number of nitrogens with two attached hydrogens (primary N) is 1. The normalized spacial score (nSPS) is 12.6. The van der Waals surface area contributed by atoms with Gasteiger partial charge < -0.3 is 10.5 Å². The van der Waals surface area contributed by atoms with Crippen molar-refractivity contribution in [3.8, 4) is 0 Å². The topological polar surface area (TPSA) is 35.2 Å². The number of benzene rings is 1. The molecule has 1 aromatic carbocycles. The predicted molar refractivity (Wildman–Crippen MR) is 79.6 cm³/mol. The summed E-state index contributed by atoms with van der Waals surface area (Å²) >= 11 is 0. The van der Waals surface area contributed by atoms with Crippen LogP contribution in [0, 0.1) is 0 Å². The average Bonchev–Trinajstić information content (AvgIpc) is 2.44. The fourth-order valence-electron chi connectivity index (χ4n) is 1.44. The Morgan fingerprint density at radius 2 is 2.00 bits per heavy atom. The number of allylic oxidation sites excluding steroid dienone is 4. The van der Waals surface area contributed by atoms with Crippen LogP contribution >= 0.6 is 0 Å². The fourth-order valence-corrected chi connectivity index (χ4v) is 1.44. The van der Waals surface area contributed by atoms with Crippen molar-refractivity contribution in [2.75, 3.05) is 25.6 Å². The maximum atomic E-state index is 11.8. The molecule has 0 saturated carbocycles. The highest BCUT2D eigenvalue weighted by atomic mass is 19.1. The quantitative estimate of drug-likeness (QED) is 0.460. The van der Waals surface area contributed by atoms with Crippen LogP contribution in [0.15, 0.2) is 54.1 Å². The van der Waals surface area contributed by atoms with E-state index in [9.17, 15) is 4.39 Å².